The van der Waals surface area contributed by atoms with Crippen molar-refractivity contribution in [2.45, 2.75) is 6.42 Å². The highest BCUT2D eigenvalue weighted by Gasteiger charge is 2.31. The Balaban J connectivity index is 1.61. The van der Waals surface area contributed by atoms with Crippen LogP contribution in [0.25, 0.3) is 33.2 Å². The molecule has 0 aliphatic carbocycles. The van der Waals surface area contributed by atoms with Gasteiger partial charge in [-0.1, -0.05) is 54.6 Å². The Morgan fingerprint density at radius 1 is 0.718 bits per heavy atom. The number of hydrogen-bond acceptors (Lipinski definition) is 4. The molecule has 1 unspecified atom stereocenters. The summed E-state index contributed by atoms with van der Waals surface area (Å²) in [5.74, 6) is 3.50. The van der Waals surface area contributed by atoms with Gasteiger partial charge in [0.2, 0.25) is 0 Å². The first-order valence-corrected chi connectivity index (χ1v) is 14.5. The molecule has 2 heterocycles. The average Bonchev–Trinajstić information content (AvgIpc) is 2.98. The first-order chi connectivity index (χ1) is 19.0. The van der Waals surface area contributed by atoms with Gasteiger partial charge in [-0.15, -0.1) is 10.5 Å². The van der Waals surface area contributed by atoms with Crippen LogP contribution in [-0.4, -0.2) is 51.1 Å². The Labute approximate surface area is 233 Å². The van der Waals surface area contributed by atoms with Crippen molar-refractivity contribution in [1.29, 1.82) is 0 Å². The molecule has 0 aromatic heterocycles. The zero-order chi connectivity index (χ0) is 27.1. The van der Waals surface area contributed by atoms with Gasteiger partial charge in [-0.05, 0) is 90.0 Å². The molecule has 0 spiro atoms. The molecule has 4 aromatic rings. The molecule has 6 rings (SSSR count). The molecule has 1 atom stereocenters. The summed E-state index contributed by atoms with van der Waals surface area (Å²) < 4.78 is 17.5. The van der Waals surface area contributed by atoms with E-state index >= 15 is 0 Å². The molecule has 4 aromatic carbocycles. The van der Waals surface area contributed by atoms with Crippen molar-refractivity contribution in [3.05, 3.63) is 101 Å². The largest absolute Gasteiger partial charge is 0.497 e. The van der Waals surface area contributed by atoms with Crippen LogP contribution in [0.15, 0.2) is 78.9 Å². The van der Waals surface area contributed by atoms with Crippen molar-refractivity contribution >= 4 is 26.5 Å². The lowest BCUT2D eigenvalue weighted by Crippen LogP contribution is -2.28. The second kappa shape index (κ2) is 10.4. The Morgan fingerprint density at radius 2 is 1.44 bits per heavy atom. The van der Waals surface area contributed by atoms with Gasteiger partial charge in [-0.3, -0.25) is 4.90 Å². The molecule has 2 aliphatic heterocycles. The maximum Gasteiger partial charge on any atom is 0.169 e. The van der Waals surface area contributed by atoms with Crippen molar-refractivity contribution in [2.75, 3.05) is 41.2 Å². The summed E-state index contributed by atoms with van der Waals surface area (Å²) in [5, 5.41) is 0. The normalized spacial score (nSPS) is 15.7. The lowest BCUT2D eigenvalue weighted by molar-refractivity contribution is 0.356. The molecule has 4 nitrogen and oxygen atoms in total. The minimum absolute atomic E-state index is 0.0474. The summed E-state index contributed by atoms with van der Waals surface area (Å²) in [6.45, 7) is 0. The average molecular weight is 536 g/mol. The van der Waals surface area contributed by atoms with E-state index in [-0.39, 0.29) is 10.5 Å². The fourth-order valence-corrected chi connectivity index (χ4v) is 8.40. The van der Waals surface area contributed by atoms with E-state index in [4.69, 9.17) is 14.2 Å². The number of fused-ring (bicyclic) bond motifs is 4. The second-order valence-corrected chi connectivity index (χ2v) is 12.0. The molecular formula is C34H33NO3S. The third-order valence-electron chi connectivity index (χ3n) is 7.55. The highest BCUT2D eigenvalue weighted by molar-refractivity contribution is 8.24. The molecule has 0 bridgehead atoms. The number of methoxy groups -OCH3 is 3. The summed E-state index contributed by atoms with van der Waals surface area (Å²) in [6, 6.07) is 27.9. The van der Waals surface area contributed by atoms with Crippen LogP contribution in [0.5, 0.6) is 17.2 Å². The zero-order valence-electron chi connectivity index (χ0n) is 23.1. The van der Waals surface area contributed by atoms with Crippen LogP contribution in [0.2, 0.25) is 0 Å². The fourth-order valence-electron chi connectivity index (χ4n) is 5.76. The Bertz CT molecular complexity index is 1620. The van der Waals surface area contributed by atoms with E-state index in [0.717, 1.165) is 40.5 Å². The van der Waals surface area contributed by atoms with E-state index in [0.29, 0.717) is 0 Å². The van der Waals surface area contributed by atoms with Gasteiger partial charge in [0.1, 0.15) is 5.75 Å². The van der Waals surface area contributed by atoms with E-state index in [1.54, 1.807) is 21.3 Å². The highest BCUT2D eigenvalue weighted by Crippen LogP contribution is 2.53. The van der Waals surface area contributed by atoms with Crippen LogP contribution in [0.3, 0.4) is 0 Å². The molecule has 5 heteroatoms. The van der Waals surface area contributed by atoms with Crippen LogP contribution >= 0.6 is 10.5 Å². The molecule has 0 fully saturated rings. The summed E-state index contributed by atoms with van der Waals surface area (Å²) in [5.41, 5.74) is 9.59. The maximum absolute atomic E-state index is 6.04. The van der Waals surface area contributed by atoms with Crippen LogP contribution in [-0.2, 0) is 6.42 Å². The first kappa shape index (κ1) is 25.5. The van der Waals surface area contributed by atoms with Crippen molar-refractivity contribution in [1.82, 2.24) is 4.90 Å². The topological polar surface area (TPSA) is 30.9 Å². The monoisotopic (exact) mass is 535 g/mol. The lowest BCUT2D eigenvalue weighted by Gasteiger charge is -2.34. The SMILES string of the molecule is COc1ccc2c(c1)CCS1=C(N(C)C)c3cc(OC)c(OC)c(-c4ccc(-c5ccccc5)cc4)c3C=C21. The molecule has 0 radical (unpaired) electrons. The smallest absolute Gasteiger partial charge is 0.169 e. The predicted molar refractivity (Wildman–Crippen MR) is 165 cm³/mol. The third kappa shape index (κ3) is 4.36. The van der Waals surface area contributed by atoms with Gasteiger partial charge in [0.15, 0.2) is 11.5 Å². The summed E-state index contributed by atoms with van der Waals surface area (Å²) in [4.78, 5) is 5.01. The summed E-state index contributed by atoms with van der Waals surface area (Å²) >= 11 is 0. The van der Waals surface area contributed by atoms with Gasteiger partial charge >= 0.3 is 0 Å². The van der Waals surface area contributed by atoms with Gasteiger partial charge in [0.25, 0.3) is 0 Å². The number of rotatable bonds is 5. The van der Waals surface area contributed by atoms with Crippen molar-refractivity contribution in [2.24, 2.45) is 0 Å². The van der Waals surface area contributed by atoms with Crippen molar-refractivity contribution in [3.8, 4) is 39.5 Å². The molecule has 0 saturated heterocycles. The van der Waals surface area contributed by atoms with Gasteiger partial charge in [-0.2, -0.15) is 0 Å². The molecule has 39 heavy (non-hydrogen) atoms. The zero-order valence-corrected chi connectivity index (χ0v) is 23.9. The highest BCUT2D eigenvalue weighted by atomic mass is 32.2. The fraction of sp³-hybridized carbons (Fsp3) is 0.206. The second-order valence-electron chi connectivity index (χ2n) is 9.97. The van der Waals surface area contributed by atoms with Gasteiger partial charge in [0.05, 0.1) is 26.3 Å². The Morgan fingerprint density at radius 3 is 2.10 bits per heavy atom. The van der Waals surface area contributed by atoms with E-state index in [1.165, 1.54) is 43.3 Å². The minimum atomic E-state index is -0.0474. The molecule has 0 amide bonds. The van der Waals surface area contributed by atoms with E-state index in [2.05, 4.69) is 97.9 Å². The quantitative estimate of drug-likeness (QED) is 0.249. The van der Waals surface area contributed by atoms with E-state index < -0.39 is 0 Å². The number of ether oxygens (including phenoxy) is 3. The van der Waals surface area contributed by atoms with E-state index in [1.807, 2.05) is 6.07 Å². The molecule has 2 aliphatic rings. The lowest BCUT2D eigenvalue weighted by atomic mass is 9.90. The molecule has 198 valence electrons. The number of nitrogens with zero attached hydrogens (tertiary/aromatic N) is 1. The standard InChI is InChI=1S/C34H33NO3S/c1-35(2)34-29-20-30(37-4)33(38-5)32(24-13-11-23(12-14-24)22-9-7-6-8-10-22)28(29)21-31-27-16-15-26(36-3)19-25(27)17-18-39(31)34/h6-16,19-21H,17-18H2,1-5H3. The van der Waals surface area contributed by atoms with Crippen molar-refractivity contribution in [3.63, 3.8) is 0 Å². The molecular weight excluding hydrogens is 502 g/mol. The van der Waals surface area contributed by atoms with Gasteiger partial charge < -0.3 is 14.2 Å². The summed E-state index contributed by atoms with van der Waals surface area (Å²) in [7, 11) is 9.45. The van der Waals surface area contributed by atoms with E-state index in [9.17, 15) is 0 Å². The summed E-state index contributed by atoms with van der Waals surface area (Å²) in [6.07, 6.45) is 3.43. The first-order valence-electron chi connectivity index (χ1n) is 13.1. The minimum Gasteiger partial charge on any atom is -0.497 e. The van der Waals surface area contributed by atoms with Gasteiger partial charge in [-0.25, -0.2) is 0 Å². The van der Waals surface area contributed by atoms with Crippen LogP contribution < -0.4 is 14.2 Å². The Kier molecular flexibility index (Phi) is 6.79. The Hall–Kier alpha value is -3.80. The predicted octanol–water partition coefficient (Wildman–Crippen LogP) is 7.42. The van der Waals surface area contributed by atoms with Crippen LogP contribution in [0, 0.1) is 0 Å². The number of hydrogen-bond donors (Lipinski definition) is 0. The van der Waals surface area contributed by atoms with Crippen LogP contribution in [0.4, 0.5) is 0 Å². The number of benzene rings is 4. The number of aryl methyl sites for hydroxylation is 1. The van der Waals surface area contributed by atoms with Crippen molar-refractivity contribution < 1.29 is 14.2 Å². The molecule has 0 N–H and O–H groups in total. The van der Waals surface area contributed by atoms with Gasteiger partial charge in [0, 0.05) is 16.0 Å². The van der Waals surface area contributed by atoms with Crippen LogP contribution in [0.1, 0.15) is 22.3 Å². The third-order valence-corrected chi connectivity index (χ3v) is 10.1. The maximum atomic E-state index is 6.04. The molecule has 0 saturated carbocycles.